The molecule has 1 aromatic rings. The Kier molecular flexibility index (Phi) is 4.02. The molecule has 2 fully saturated rings. The van der Waals surface area contributed by atoms with E-state index in [1.165, 1.54) is 10.8 Å². The van der Waals surface area contributed by atoms with Crippen LogP contribution in [0.5, 0.6) is 0 Å². The van der Waals surface area contributed by atoms with Gasteiger partial charge in [0.2, 0.25) is 5.28 Å². The highest BCUT2D eigenvalue weighted by atomic mass is 35.5. The number of rotatable bonds is 3. The molecule has 0 bridgehead atoms. The predicted molar refractivity (Wildman–Crippen MR) is 78.7 cm³/mol. The van der Waals surface area contributed by atoms with Crippen LogP contribution in [0.1, 0.15) is 38.5 Å². The molecule has 1 unspecified atom stereocenters. The fourth-order valence-electron chi connectivity index (χ4n) is 3.32. The second kappa shape index (κ2) is 5.53. The van der Waals surface area contributed by atoms with Gasteiger partial charge in [0, 0.05) is 25.9 Å². The Labute approximate surface area is 129 Å². The highest BCUT2D eigenvalue weighted by Crippen LogP contribution is 2.40. The molecule has 1 aliphatic carbocycles. The fraction of sp³-hybridized carbons (Fsp3) is 0.769. The van der Waals surface area contributed by atoms with Gasteiger partial charge < -0.3 is 9.30 Å². The number of nitrogens with one attached hydrogen (secondary N) is 1. The molecule has 2 heterocycles. The Hall–Kier alpha value is -0.630. The van der Waals surface area contributed by atoms with E-state index in [1.807, 2.05) is 0 Å². The van der Waals surface area contributed by atoms with Crippen molar-refractivity contribution in [3.8, 4) is 0 Å². The molecule has 1 aliphatic heterocycles. The van der Waals surface area contributed by atoms with Crippen molar-refractivity contribution < 1.29 is 13.2 Å². The van der Waals surface area contributed by atoms with Gasteiger partial charge in [0.15, 0.2) is 5.03 Å². The first-order valence-electron chi connectivity index (χ1n) is 7.25. The van der Waals surface area contributed by atoms with E-state index in [1.54, 1.807) is 7.05 Å². The second-order valence-electron chi connectivity index (χ2n) is 6.01. The highest BCUT2D eigenvalue weighted by molar-refractivity contribution is 7.89. The molecule has 1 spiro atoms. The van der Waals surface area contributed by atoms with E-state index in [4.69, 9.17) is 16.3 Å². The summed E-state index contributed by atoms with van der Waals surface area (Å²) in [5, 5.41) is 0.136. The third-order valence-electron chi connectivity index (χ3n) is 4.40. The van der Waals surface area contributed by atoms with Gasteiger partial charge >= 0.3 is 0 Å². The lowest BCUT2D eigenvalue weighted by Gasteiger charge is -2.38. The Balaban J connectivity index is 1.73. The van der Waals surface area contributed by atoms with Crippen molar-refractivity contribution in [3.63, 3.8) is 0 Å². The van der Waals surface area contributed by atoms with E-state index < -0.39 is 10.0 Å². The Morgan fingerprint density at radius 3 is 2.81 bits per heavy atom. The van der Waals surface area contributed by atoms with E-state index >= 15 is 0 Å². The maximum atomic E-state index is 12.4. The van der Waals surface area contributed by atoms with Gasteiger partial charge in [-0.3, -0.25) is 0 Å². The van der Waals surface area contributed by atoms with Gasteiger partial charge in [-0.15, -0.1) is 0 Å². The monoisotopic (exact) mass is 333 g/mol. The first kappa shape index (κ1) is 15.3. The summed E-state index contributed by atoms with van der Waals surface area (Å²) in [7, 11) is -1.97. The average molecular weight is 334 g/mol. The molecule has 1 N–H and O–H groups in total. The van der Waals surface area contributed by atoms with Crippen molar-refractivity contribution in [1.82, 2.24) is 14.3 Å². The van der Waals surface area contributed by atoms with Crippen LogP contribution in [0.2, 0.25) is 5.28 Å². The van der Waals surface area contributed by atoms with Gasteiger partial charge in [0.1, 0.15) is 0 Å². The smallest absolute Gasteiger partial charge is 0.259 e. The van der Waals surface area contributed by atoms with Crippen molar-refractivity contribution in [2.24, 2.45) is 7.05 Å². The number of ether oxygens (including phenoxy) is 1. The van der Waals surface area contributed by atoms with Crippen LogP contribution in [0.15, 0.2) is 11.2 Å². The molecule has 8 heteroatoms. The van der Waals surface area contributed by atoms with Crippen LogP contribution in [-0.2, 0) is 21.8 Å². The molecule has 0 amide bonds. The fourth-order valence-corrected chi connectivity index (χ4v) is 4.78. The Bertz CT molecular complexity index is 603. The molecular weight excluding hydrogens is 314 g/mol. The van der Waals surface area contributed by atoms with E-state index in [-0.39, 0.29) is 22.0 Å². The van der Waals surface area contributed by atoms with E-state index in [0.29, 0.717) is 13.0 Å². The summed E-state index contributed by atoms with van der Waals surface area (Å²) in [6, 6.07) is -0.0948. The zero-order valence-corrected chi connectivity index (χ0v) is 13.6. The van der Waals surface area contributed by atoms with Crippen molar-refractivity contribution in [2.45, 2.75) is 55.2 Å². The largest absolute Gasteiger partial charge is 0.375 e. The molecule has 1 saturated heterocycles. The zero-order valence-electron chi connectivity index (χ0n) is 12.0. The Morgan fingerprint density at radius 1 is 1.48 bits per heavy atom. The minimum atomic E-state index is -3.63. The molecule has 6 nitrogen and oxygen atoms in total. The number of imidazole rings is 1. The quantitative estimate of drug-likeness (QED) is 0.916. The summed E-state index contributed by atoms with van der Waals surface area (Å²) >= 11 is 5.82. The molecule has 0 aromatic carbocycles. The molecule has 21 heavy (non-hydrogen) atoms. The minimum Gasteiger partial charge on any atom is -0.375 e. The average Bonchev–Trinajstić information content (AvgIpc) is 2.98. The molecule has 1 saturated carbocycles. The normalized spacial score (nSPS) is 25.5. The van der Waals surface area contributed by atoms with E-state index in [0.717, 1.165) is 32.1 Å². The number of sulfonamides is 1. The van der Waals surface area contributed by atoms with Gasteiger partial charge in [-0.1, -0.05) is 12.8 Å². The van der Waals surface area contributed by atoms with Crippen molar-refractivity contribution in [3.05, 3.63) is 11.5 Å². The third-order valence-corrected chi connectivity index (χ3v) is 6.14. The van der Waals surface area contributed by atoms with Crippen molar-refractivity contribution in [1.29, 1.82) is 0 Å². The van der Waals surface area contributed by atoms with Crippen LogP contribution < -0.4 is 4.72 Å². The van der Waals surface area contributed by atoms with Crippen molar-refractivity contribution in [2.75, 3.05) is 6.61 Å². The van der Waals surface area contributed by atoms with Crippen LogP contribution >= 0.6 is 11.6 Å². The molecule has 118 valence electrons. The van der Waals surface area contributed by atoms with E-state index in [9.17, 15) is 8.42 Å². The van der Waals surface area contributed by atoms with Crippen LogP contribution in [0, 0.1) is 0 Å². The molecule has 1 aromatic heterocycles. The maximum Gasteiger partial charge on any atom is 0.259 e. The van der Waals surface area contributed by atoms with Crippen LogP contribution in [-0.4, -0.2) is 36.2 Å². The zero-order chi connectivity index (χ0) is 15.1. The SMILES string of the molecule is Cn1cc(S(=O)(=O)NC2CCOC3(CCCC3)C2)nc1Cl. The van der Waals surface area contributed by atoms with Crippen LogP contribution in [0.4, 0.5) is 0 Å². The maximum absolute atomic E-state index is 12.4. The molecular formula is C13H20ClN3O3S. The summed E-state index contributed by atoms with van der Waals surface area (Å²) < 4.78 is 34.9. The van der Waals surface area contributed by atoms with Gasteiger partial charge in [0.05, 0.1) is 5.60 Å². The lowest BCUT2D eigenvalue weighted by Crippen LogP contribution is -2.47. The lowest BCUT2D eigenvalue weighted by atomic mass is 9.89. The number of hydrogen-bond acceptors (Lipinski definition) is 4. The summed E-state index contributed by atoms with van der Waals surface area (Å²) in [6.45, 7) is 0.607. The van der Waals surface area contributed by atoms with Crippen LogP contribution in [0.25, 0.3) is 0 Å². The van der Waals surface area contributed by atoms with Gasteiger partial charge in [-0.05, 0) is 37.3 Å². The number of nitrogens with zero attached hydrogens (tertiary/aromatic N) is 2. The summed E-state index contributed by atoms with van der Waals surface area (Å²) in [4.78, 5) is 3.88. The predicted octanol–water partition coefficient (Wildman–Crippen LogP) is 1.84. The van der Waals surface area contributed by atoms with Gasteiger partial charge in [0.25, 0.3) is 10.0 Å². The summed E-state index contributed by atoms with van der Waals surface area (Å²) in [5.41, 5.74) is -0.118. The first-order chi connectivity index (χ1) is 9.90. The summed E-state index contributed by atoms with van der Waals surface area (Å²) in [5.74, 6) is 0. The van der Waals surface area contributed by atoms with Crippen molar-refractivity contribution >= 4 is 21.6 Å². The van der Waals surface area contributed by atoms with Gasteiger partial charge in [-0.2, -0.15) is 0 Å². The van der Waals surface area contributed by atoms with Gasteiger partial charge in [-0.25, -0.2) is 18.1 Å². The Morgan fingerprint density at radius 2 is 2.19 bits per heavy atom. The first-order valence-corrected chi connectivity index (χ1v) is 9.12. The highest BCUT2D eigenvalue weighted by Gasteiger charge is 2.41. The molecule has 2 aliphatic rings. The number of hydrogen-bond donors (Lipinski definition) is 1. The molecule has 3 rings (SSSR count). The molecule has 0 radical (unpaired) electrons. The van der Waals surface area contributed by atoms with E-state index in [2.05, 4.69) is 9.71 Å². The number of aryl methyl sites for hydroxylation is 1. The second-order valence-corrected chi connectivity index (χ2v) is 8.01. The number of halogens is 1. The lowest BCUT2D eigenvalue weighted by molar-refractivity contribution is -0.0809. The topological polar surface area (TPSA) is 73.2 Å². The number of aromatic nitrogens is 2. The molecule has 1 atom stereocenters. The summed E-state index contributed by atoms with van der Waals surface area (Å²) in [6.07, 6.45) is 7.25. The third kappa shape index (κ3) is 3.11. The van der Waals surface area contributed by atoms with Crippen LogP contribution in [0.3, 0.4) is 0 Å². The minimum absolute atomic E-state index is 0.0260. The standard InChI is InChI=1S/C13H20ClN3O3S/c1-17-9-11(15-12(17)14)21(18,19)16-10-4-7-20-13(8-10)5-2-3-6-13/h9-10,16H,2-8H2,1H3.